The first-order valence-electron chi connectivity index (χ1n) is 7.00. The molecule has 6 nitrogen and oxygen atoms in total. The topological polar surface area (TPSA) is 69.3 Å². The van der Waals surface area contributed by atoms with Gasteiger partial charge >= 0.3 is 0 Å². The van der Waals surface area contributed by atoms with Crippen LogP contribution in [-0.2, 0) is 11.8 Å². The number of hydrogen-bond donors (Lipinski definition) is 1. The standard InChI is InChI=1S/C14H18FN3O3/c1-4-9-7(2)11(19)14(21-9)18-5-8(15)10-12(18)16-6-17(3)13(10)20/h5-7,9,11,14,19H,4H2,1-3H3/t7-,9-,11-,14-/m1/s1. The highest BCUT2D eigenvalue weighted by Gasteiger charge is 2.41. The highest BCUT2D eigenvalue weighted by molar-refractivity contribution is 5.75. The van der Waals surface area contributed by atoms with Gasteiger partial charge < -0.3 is 19.0 Å². The predicted octanol–water partition coefficient (Wildman–Crippen LogP) is 1.18. The molecule has 0 spiro atoms. The van der Waals surface area contributed by atoms with E-state index in [1.807, 2.05) is 13.8 Å². The van der Waals surface area contributed by atoms with Crippen molar-refractivity contribution >= 4 is 11.0 Å². The maximum atomic E-state index is 14.1. The largest absolute Gasteiger partial charge is 0.388 e. The Morgan fingerprint density at radius 2 is 2.24 bits per heavy atom. The molecule has 21 heavy (non-hydrogen) atoms. The number of fused-ring (bicyclic) bond motifs is 1. The van der Waals surface area contributed by atoms with Crippen molar-refractivity contribution in [2.24, 2.45) is 13.0 Å². The van der Waals surface area contributed by atoms with Crippen LogP contribution in [0.2, 0.25) is 0 Å². The first-order valence-corrected chi connectivity index (χ1v) is 7.00. The Balaban J connectivity index is 2.14. The Bertz CT molecular complexity index is 739. The molecule has 0 aliphatic carbocycles. The summed E-state index contributed by atoms with van der Waals surface area (Å²) >= 11 is 0. The van der Waals surface area contributed by atoms with Gasteiger partial charge in [0.1, 0.15) is 11.5 Å². The van der Waals surface area contributed by atoms with Crippen molar-refractivity contribution < 1.29 is 14.2 Å². The van der Waals surface area contributed by atoms with Gasteiger partial charge in [-0.05, 0) is 6.42 Å². The summed E-state index contributed by atoms with van der Waals surface area (Å²) in [6, 6.07) is 0. The van der Waals surface area contributed by atoms with Crippen LogP contribution >= 0.6 is 0 Å². The lowest BCUT2D eigenvalue weighted by molar-refractivity contribution is -0.0354. The lowest BCUT2D eigenvalue weighted by Gasteiger charge is -2.17. The van der Waals surface area contributed by atoms with Gasteiger partial charge in [-0.15, -0.1) is 0 Å². The van der Waals surface area contributed by atoms with E-state index in [0.29, 0.717) is 0 Å². The summed E-state index contributed by atoms with van der Waals surface area (Å²) in [6.07, 6.45) is 1.68. The molecule has 2 aromatic rings. The van der Waals surface area contributed by atoms with E-state index in [1.54, 1.807) is 0 Å². The van der Waals surface area contributed by atoms with Crippen molar-refractivity contribution in [1.82, 2.24) is 14.1 Å². The highest BCUT2D eigenvalue weighted by Crippen LogP contribution is 2.36. The number of halogens is 1. The van der Waals surface area contributed by atoms with E-state index in [2.05, 4.69) is 4.98 Å². The molecule has 1 saturated heterocycles. The van der Waals surface area contributed by atoms with Gasteiger partial charge in [0.05, 0.1) is 12.4 Å². The van der Waals surface area contributed by atoms with Crippen LogP contribution in [0, 0.1) is 11.7 Å². The Morgan fingerprint density at radius 3 is 2.86 bits per heavy atom. The van der Waals surface area contributed by atoms with Crippen LogP contribution in [0.1, 0.15) is 26.5 Å². The van der Waals surface area contributed by atoms with Gasteiger partial charge in [0.15, 0.2) is 17.7 Å². The van der Waals surface area contributed by atoms with Gasteiger partial charge in [0.25, 0.3) is 5.56 Å². The molecule has 1 N–H and O–H groups in total. The van der Waals surface area contributed by atoms with Gasteiger partial charge in [-0.3, -0.25) is 4.79 Å². The molecule has 0 saturated carbocycles. The minimum Gasteiger partial charge on any atom is -0.388 e. The van der Waals surface area contributed by atoms with Crippen molar-refractivity contribution in [2.75, 3.05) is 0 Å². The van der Waals surface area contributed by atoms with Crippen LogP contribution in [0.3, 0.4) is 0 Å². The second-order valence-electron chi connectivity index (χ2n) is 5.57. The lowest BCUT2D eigenvalue weighted by atomic mass is 9.99. The Hall–Kier alpha value is -1.73. The molecule has 1 aliphatic rings. The van der Waals surface area contributed by atoms with Gasteiger partial charge in [-0.2, -0.15) is 0 Å². The van der Waals surface area contributed by atoms with Crippen molar-refractivity contribution in [3.05, 3.63) is 28.7 Å². The Kier molecular flexibility index (Phi) is 3.33. The average Bonchev–Trinajstić information content (AvgIpc) is 2.94. The molecule has 2 aromatic heterocycles. The summed E-state index contributed by atoms with van der Waals surface area (Å²) in [5.41, 5.74) is -0.257. The lowest BCUT2D eigenvalue weighted by Crippen LogP contribution is -2.24. The third-order valence-corrected chi connectivity index (χ3v) is 4.25. The zero-order valence-electron chi connectivity index (χ0n) is 12.2. The van der Waals surface area contributed by atoms with E-state index in [1.165, 1.54) is 28.7 Å². The van der Waals surface area contributed by atoms with Crippen LogP contribution < -0.4 is 5.56 Å². The smallest absolute Gasteiger partial charge is 0.265 e. The number of hydrogen-bond acceptors (Lipinski definition) is 4. The summed E-state index contributed by atoms with van der Waals surface area (Å²) in [4.78, 5) is 16.1. The van der Waals surface area contributed by atoms with E-state index in [9.17, 15) is 14.3 Å². The number of aliphatic hydroxyl groups excluding tert-OH is 1. The normalized spacial score (nSPS) is 29.4. The van der Waals surface area contributed by atoms with Crippen molar-refractivity contribution in [3.63, 3.8) is 0 Å². The fourth-order valence-corrected chi connectivity index (χ4v) is 2.94. The second-order valence-corrected chi connectivity index (χ2v) is 5.57. The fourth-order valence-electron chi connectivity index (χ4n) is 2.94. The molecular formula is C14H18FN3O3. The van der Waals surface area contributed by atoms with Crippen molar-refractivity contribution in [3.8, 4) is 0 Å². The monoisotopic (exact) mass is 295 g/mol. The first-order chi connectivity index (χ1) is 9.95. The number of aryl methyl sites for hydroxylation is 1. The third-order valence-electron chi connectivity index (χ3n) is 4.25. The number of ether oxygens (including phenoxy) is 1. The molecule has 3 heterocycles. The molecule has 1 aliphatic heterocycles. The van der Waals surface area contributed by atoms with Gasteiger partial charge in [-0.25, -0.2) is 9.37 Å². The van der Waals surface area contributed by atoms with Crippen molar-refractivity contribution in [1.29, 1.82) is 0 Å². The van der Waals surface area contributed by atoms with E-state index in [-0.39, 0.29) is 23.1 Å². The molecule has 0 bridgehead atoms. The second kappa shape index (κ2) is 4.92. The quantitative estimate of drug-likeness (QED) is 0.903. The zero-order chi connectivity index (χ0) is 15.3. The van der Waals surface area contributed by atoms with Gasteiger partial charge in [-0.1, -0.05) is 13.8 Å². The molecular weight excluding hydrogens is 277 g/mol. The van der Waals surface area contributed by atoms with Crippen molar-refractivity contribution in [2.45, 2.75) is 38.7 Å². The summed E-state index contributed by atoms with van der Waals surface area (Å²) in [7, 11) is 1.52. The minimum atomic E-state index is -0.768. The van der Waals surface area contributed by atoms with Crippen LogP contribution in [0.4, 0.5) is 4.39 Å². The molecule has 0 unspecified atom stereocenters. The SMILES string of the molecule is CC[C@H]1O[C@@H](n2cc(F)c3c(=O)n(C)cnc32)[C@H](O)[C@@H]1C. The van der Waals surface area contributed by atoms with E-state index < -0.39 is 23.7 Å². The molecule has 0 amide bonds. The van der Waals surface area contributed by atoms with Crippen LogP contribution in [0.15, 0.2) is 17.3 Å². The van der Waals surface area contributed by atoms with Crippen LogP contribution in [0.5, 0.6) is 0 Å². The van der Waals surface area contributed by atoms with Gasteiger partial charge in [0.2, 0.25) is 0 Å². The summed E-state index contributed by atoms with van der Waals surface area (Å²) in [5.74, 6) is -0.714. The average molecular weight is 295 g/mol. The van der Waals surface area contributed by atoms with E-state index >= 15 is 0 Å². The van der Waals surface area contributed by atoms with Crippen LogP contribution in [-0.4, -0.2) is 31.4 Å². The molecule has 0 radical (unpaired) electrons. The van der Waals surface area contributed by atoms with E-state index in [4.69, 9.17) is 4.74 Å². The molecule has 7 heteroatoms. The Labute approximate surface area is 120 Å². The minimum absolute atomic E-state index is 0.0629. The third kappa shape index (κ3) is 1.99. The number of rotatable bonds is 2. The molecule has 0 aromatic carbocycles. The highest BCUT2D eigenvalue weighted by atomic mass is 19.1. The summed E-state index contributed by atoms with van der Waals surface area (Å²) < 4.78 is 22.5. The number of nitrogens with zero attached hydrogens (tertiary/aromatic N) is 3. The first kappa shape index (κ1) is 14.2. The Morgan fingerprint density at radius 1 is 1.52 bits per heavy atom. The summed E-state index contributed by atoms with van der Waals surface area (Å²) in [6.45, 7) is 3.87. The maximum absolute atomic E-state index is 14.1. The predicted molar refractivity (Wildman–Crippen MR) is 74.3 cm³/mol. The maximum Gasteiger partial charge on any atom is 0.265 e. The fraction of sp³-hybridized carbons (Fsp3) is 0.571. The molecule has 4 atom stereocenters. The molecule has 1 fully saturated rings. The summed E-state index contributed by atoms with van der Waals surface area (Å²) in [5, 5.41) is 10.2. The number of aliphatic hydroxyl groups is 1. The van der Waals surface area contributed by atoms with Crippen LogP contribution in [0.25, 0.3) is 11.0 Å². The zero-order valence-corrected chi connectivity index (χ0v) is 12.2. The van der Waals surface area contributed by atoms with Gasteiger partial charge in [0, 0.05) is 19.2 Å². The number of aromatic nitrogens is 3. The van der Waals surface area contributed by atoms with E-state index in [0.717, 1.165) is 6.42 Å². The molecule has 3 rings (SSSR count). The molecule has 114 valence electrons.